The maximum absolute atomic E-state index is 12.7. The highest BCUT2D eigenvalue weighted by Gasteiger charge is 2.32. The van der Waals surface area contributed by atoms with Crippen molar-refractivity contribution in [3.05, 3.63) is 54.5 Å². The third kappa shape index (κ3) is 3.76. The number of benzene rings is 1. The first kappa shape index (κ1) is 18.2. The Balaban J connectivity index is 1.66. The van der Waals surface area contributed by atoms with Crippen molar-refractivity contribution in [2.24, 2.45) is 5.92 Å². The maximum atomic E-state index is 12.7. The number of rotatable bonds is 4. The van der Waals surface area contributed by atoms with Gasteiger partial charge in [0.2, 0.25) is 5.91 Å². The van der Waals surface area contributed by atoms with Crippen LogP contribution < -0.4 is 10.1 Å². The molecule has 3 heterocycles. The number of pyridine rings is 2. The van der Waals surface area contributed by atoms with Crippen LogP contribution in [0.3, 0.4) is 0 Å². The highest BCUT2D eigenvalue weighted by Crippen LogP contribution is 2.33. The van der Waals surface area contributed by atoms with Gasteiger partial charge in [-0.05, 0) is 35.9 Å². The molecule has 0 radical (unpaired) electrons. The Kier molecular flexibility index (Phi) is 4.62. The Bertz CT molecular complexity index is 1020. The summed E-state index contributed by atoms with van der Waals surface area (Å²) in [6.45, 7) is 0.926. The SMILES string of the molecule is O=C1CC(COc2cc(-c3ccc(C(F)(F)F)nc3)cc3ncccc23)CN1. The van der Waals surface area contributed by atoms with E-state index in [4.69, 9.17) is 4.74 Å². The van der Waals surface area contributed by atoms with Gasteiger partial charge in [-0.1, -0.05) is 6.07 Å². The predicted octanol–water partition coefficient (Wildman–Crippen LogP) is 3.83. The number of nitrogens with zero attached hydrogens (tertiary/aromatic N) is 2. The lowest BCUT2D eigenvalue weighted by molar-refractivity contribution is -0.141. The van der Waals surface area contributed by atoms with Crippen LogP contribution in [-0.4, -0.2) is 29.0 Å². The average Bonchev–Trinajstić information content (AvgIpc) is 3.10. The largest absolute Gasteiger partial charge is 0.492 e. The monoisotopic (exact) mass is 387 g/mol. The zero-order valence-corrected chi connectivity index (χ0v) is 14.7. The molecule has 0 saturated carbocycles. The molecular formula is C20H16F3N3O2. The molecule has 4 rings (SSSR count). The second kappa shape index (κ2) is 7.10. The predicted molar refractivity (Wildman–Crippen MR) is 96.6 cm³/mol. The molecule has 1 unspecified atom stereocenters. The molecule has 28 heavy (non-hydrogen) atoms. The van der Waals surface area contributed by atoms with Gasteiger partial charge >= 0.3 is 6.18 Å². The van der Waals surface area contributed by atoms with Gasteiger partial charge in [-0.3, -0.25) is 14.8 Å². The van der Waals surface area contributed by atoms with Gasteiger partial charge in [0.25, 0.3) is 0 Å². The third-order valence-corrected chi connectivity index (χ3v) is 4.61. The second-order valence-corrected chi connectivity index (χ2v) is 6.66. The molecule has 0 spiro atoms. The number of nitrogens with one attached hydrogen (secondary N) is 1. The first-order valence-corrected chi connectivity index (χ1v) is 8.72. The topological polar surface area (TPSA) is 64.1 Å². The van der Waals surface area contributed by atoms with Crippen molar-refractivity contribution >= 4 is 16.8 Å². The van der Waals surface area contributed by atoms with Gasteiger partial charge < -0.3 is 10.1 Å². The molecule has 0 bridgehead atoms. The summed E-state index contributed by atoms with van der Waals surface area (Å²) >= 11 is 0. The van der Waals surface area contributed by atoms with Crippen LogP contribution in [0.4, 0.5) is 13.2 Å². The molecule has 2 aromatic heterocycles. The highest BCUT2D eigenvalue weighted by molar-refractivity contribution is 5.90. The van der Waals surface area contributed by atoms with Crippen molar-refractivity contribution in [1.29, 1.82) is 0 Å². The van der Waals surface area contributed by atoms with E-state index in [2.05, 4.69) is 15.3 Å². The molecule has 1 amide bonds. The summed E-state index contributed by atoms with van der Waals surface area (Å²) in [6.07, 6.45) is -1.24. The molecule has 1 atom stereocenters. The number of fused-ring (bicyclic) bond motifs is 1. The van der Waals surface area contributed by atoms with Crippen LogP contribution in [0.15, 0.2) is 48.8 Å². The van der Waals surface area contributed by atoms with Crippen molar-refractivity contribution in [1.82, 2.24) is 15.3 Å². The molecule has 1 fully saturated rings. The summed E-state index contributed by atoms with van der Waals surface area (Å²) in [5, 5.41) is 3.56. The summed E-state index contributed by atoms with van der Waals surface area (Å²) in [5.74, 6) is 0.653. The van der Waals surface area contributed by atoms with E-state index in [1.807, 2.05) is 6.07 Å². The van der Waals surface area contributed by atoms with E-state index in [1.54, 1.807) is 24.4 Å². The number of halogens is 3. The van der Waals surface area contributed by atoms with Crippen LogP contribution in [0.25, 0.3) is 22.0 Å². The molecule has 1 aliphatic rings. The first-order chi connectivity index (χ1) is 13.4. The standard InChI is InChI=1S/C20H16F3N3O2/c21-20(22,23)18-4-3-13(10-25-18)14-7-16-15(2-1-5-24-16)17(8-14)28-11-12-6-19(27)26-9-12/h1-5,7-8,10,12H,6,9,11H2,(H,26,27). The molecule has 1 aromatic carbocycles. The van der Waals surface area contributed by atoms with E-state index in [9.17, 15) is 18.0 Å². The van der Waals surface area contributed by atoms with Gasteiger partial charge in [0, 0.05) is 42.2 Å². The Morgan fingerprint density at radius 1 is 1.14 bits per heavy atom. The number of aromatic nitrogens is 2. The van der Waals surface area contributed by atoms with E-state index >= 15 is 0 Å². The van der Waals surface area contributed by atoms with Crippen molar-refractivity contribution in [3.63, 3.8) is 0 Å². The quantitative estimate of drug-likeness (QED) is 0.739. The molecule has 1 N–H and O–H groups in total. The van der Waals surface area contributed by atoms with E-state index in [0.717, 1.165) is 11.5 Å². The van der Waals surface area contributed by atoms with Gasteiger partial charge in [0.05, 0.1) is 12.1 Å². The fourth-order valence-electron chi connectivity index (χ4n) is 3.16. The van der Waals surface area contributed by atoms with Gasteiger partial charge in [0.1, 0.15) is 11.4 Å². The maximum Gasteiger partial charge on any atom is 0.433 e. The van der Waals surface area contributed by atoms with Crippen LogP contribution >= 0.6 is 0 Å². The van der Waals surface area contributed by atoms with Crippen molar-refractivity contribution in [2.75, 3.05) is 13.2 Å². The minimum Gasteiger partial charge on any atom is -0.492 e. The Morgan fingerprint density at radius 3 is 2.68 bits per heavy atom. The zero-order valence-electron chi connectivity index (χ0n) is 14.7. The van der Waals surface area contributed by atoms with E-state index in [-0.39, 0.29) is 11.8 Å². The molecule has 3 aromatic rings. The molecule has 1 saturated heterocycles. The van der Waals surface area contributed by atoms with Crippen LogP contribution in [0, 0.1) is 5.92 Å². The fraction of sp³-hybridized carbons (Fsp3) is 0.250. The normalized spacial score (nSPS) is 17.0. The van der Waals surface area contributed by atoms with Gasteiger partial charge in [0.15, 0.2) is 0 Å². The zero-order chi connectivity index (χ0) is 19.7. The van der Waals surface area contributed by atoms with Crippen LogP contribution in [0.2, 0.25) is 0 Å². The number of carbonyl (C=O) groups is 1. The number of alkyl halides is 3. The van der Waals surface area contributed by atoms with Gasteiger partial charge in [-0.15, -0.1) is 0 Å². The van der Waals surface area contributed by atoms with E-state index < -0.39 is 11.9 Å². The highest BCUT2D eigenvalue weighted by atomic mass is 19.4. The number of hydrogen-bond donors (Lipinski definition) is 1. The average molecular weight is 387 g/mol. The van der Waals surface area contributed by atoms with Gasteiger partial charge in [-0.2, -0.15) is 13.2 Å². The van der Waals surface area contributed by atoms with E-state index in [1.165, 1.54) is 12.3 Å². The Morgan fingerprint density at radius 2 is 2.00 bits per heavy atom. The van der Waals surface area contributed by atoms with Gasteiger partial charge in [-0.25, -0.2) is 0 Å². The summed E-state index contributed by atoms with van der Waals surface area (Å²) in [4.78, 5) is 19.2. The minimum atomic E-state index is -4.48. The number of ether oxygens (including phenoxy) is 1. The first-order valence-electron chi connectivity index (χ1n) is 8.72. The summed E-state index contributed by atoms with van der Waals surface area (Å²) < 4.78 is 44.2. The number of hydrogen-bond acceptors (Lipinski definition) is 4. The lowest BCUT2D eigenvalue weighted by Gasteiger charge is -2.14. The Hall–Kier alpha value is -3.16. The van der Waals surface area contributed by atoms with Crippen LogP contribution in [-0.2, 0) is 11.0 Å². The smallest absolute Gasteiger partial charge is 0.433 e. The second-order valence-electron chi connectivity index (χ2n) is 6.66. The number of amides is 1. The molecule has 5 nitrogen and oxygen atoms in total. The van der Waals surface area contributed by atoms with Crippen LogP contribution in [0.1, 0.15) is 12.1 Å². The minimum absolute atomic E-state index is 0.00436. The molecule has 0 aliphatic carbocycles. The lowest BCUT2D eigenvalue weighted by Crippen LogP contribution is -2.16. The molecular weight excluding hydrogens is 371 g/mol. The third-order valence-electron chi connectivity index (χ3n) is 4.61. The van der Waals surface area contributed by atoms with Crippen molar-refractivity contribution in [3.8, 4) is 16.9 Å². The molecule has 144 valence electrons. The lowest BCUT2D eigenvalue weighted by atomic mass is 10.0. The fourth-order valence-corrected chi connectivity index (χ4v) is 3.16. The van der Waals surface area contributed by atoms with E-state index in [0.29, 0.717) is 42.0 Å². The van der Waals surface area contributed by atoms with Crippen molar-refractivity contribution in [2.45, 2.75) is 12.6 Å². The van der Waals surface area contributed by atoms with Crippen molar-refractivity contribution < 1.29 is 22.7 Å². The number of carbonyl (C=O) groups excluding carboxylic acids is 1. The summed E-state index contributed by atoms with van der Waals surface area (Å²) in [7, 11) is 0. The molecule has 8 heteroatoms. The molecule has 1 aliphatic heterocycles. The van der Waals surface area contributed by atoms with Crippen LogP contribution in [0.5, 0.6) is 5.75 Å². The Labute approximate surface area is 158 Å². The summed E-state index contributed by atoms with van der Waals surface area (Å²) in [6, 6.07) is 9.53. The summed E-state index contributed by atoms with van der Waals surface area (Å²) in [5.41, 5.74) is 0.909.